The van der Waals surface area contributed by atoms with Crippen molar-refractivity contribution in [3.8, 4) is 17.2 Å². The average Bonchev–Trinajstić information content (AvgIpc) is 3.37. The summed E-state index contributed by atoms with van der Waals surface area (Å²) in [5.41, 5.74) is 0.951. The molecule has 0 radical (unpaired) electrons. The summed E-state index contributed by atoms with van der Waals surface area (Å²) >= 11 is 0. The summed E-state index contributed by atoms with van der Waals surface area (Å²) < 4.78 is 43.7. The second-order valence-electron chi connectivity index (χ2n) is 8.65. The number of sulfonamides is 1. The van der Waals surface area contributed by atoms with Gasteiger partial charge >= 0.3 is 0 Å². The minimum atomic E-state index is -3.60. The van der Waals surface area contributed by atoms with Crippen molar-refractivity contribution in [3.05, 3.63) is 48.0 Å². The standard InChI is InChI=1S/C25H32N2O6S/c1-31-19-6-9-21(10-7-19)34(29,30)26-15-12-18(13-16-26)25(28)27-14-4-5-23(27)22-17-20(32-2)8-11-24(22)33-3/h6-11,17-18,23H,4-5,12-16H2,1-3H3/t23-/m1/s1. The molecule has 4 rings (SSSR count). The normalized spacial score (nSPS) is 19.7. The van der Waals surface area contributed by atoms with Gasteiger partial charge in [-0.1, -0.05) is 0 Å². The van der Waals surface area contributed by atoms with Crippen LogP contribution in [0.25, 0.3) is 0 Å². The lowest BCUT2D eigenvalue weighted by molar-refractivity contribution is -0.137. The van der Waals surface area contributed by atoms with Gasteiger partial charge < -0.3 is 19.1 Å². The van der Waals surface area contributed by atoms with Gasteiger partial charge in [-0.05, 0) is 68.1 Å². The van der Waals surface area contributed by atoms with Crippen LogP contribution < -0.4 is 14.2 Å². The van der Waals surface area contributed by atoms with Crippen molar-refractivity contribution < 1.29 is 27.4 Å². The van der Waals surface area contributed by atoms with E-state index < -0.39 is 10.0 Å². The highest BCUT2D eigenvalue weighted by atomic mass is 32.2. The van der Waals surface area contributed by atoms with Gasteiger partial charge in [-0.2, -0.15) is 4.31 Å². The number of piperidine rings is 1. The maximum absolute atomic E-state index is 13.5. The average molecular weight is 489 g/mol. The molecule has 2 aromatic rings. The van der Waals surface area contributed by atoms with Crippen LogP contribution in [0.4, 0.5) is 0 Å². The van der Waals surface area contributed by atoms with Crippen LogP contribution in [0.5, 0.6) is 17.2 Å². The zero-order valence-corrected chi connectivity index (χ0v) is 20.7. The van der Waals surface area contributed by atoms with E-state index in [0.717, 1.165) is 29.9 Å². The van der Waals surface area contributed by atoms with E-state index in [1.54, 1.807) is 45.6 Å². The molecule has 2 saturated heterocycles. The van der Waals surface area contributed by atoms with E-state index in [4.69, 9.17) is 14.2 Å². The van der Waals surface area contributed by atoms with Crippen molar-refractivity contribution >= 4 is 15.9 Å². The van der Waals surface area contributed by atoms with Crippen LogP contribution in [0.3, 0.4) is 0 Å². The van der Waals surface area contributed by atoms with E-state index in [-0.39, 0.29) is 22.8 Å². The molecule has 9 heteroatoms. The Morgan fingerprint density at radius 2 is 1.50 bits per heavy atom. The zero-order valence-electron chi connectivity index (χ0n) is 19.9. The molecule has 1 atom stereocenters. The summed E-state index contributed by atoms with van der Waals surface area (Å²) in [5, 5.41) is 0. The molecule has 2 aromatic carbocycles. The third-order valence-corrected chi connectivity index (χ3v) is 8.74. The summed E-state index contributed by atoms with van der Waals surface area (Å²) in [5.74, 6) is 1.97. The Kier molecular flexibility index (Phi) is 7.33. The third-order valence-electron chi connectivity index (χ3n) is 6.83. The first-order chi connectivity index (χ1) is 16.4. The largest absolute Gasteiger partial charge is 0.497 e. The van der Waals surface area contributed by atoms with Crippen LogP contribution in [0.2, 0.25) is 0 Å². The molecule has 1 amide bonds. The summed E-state index contributed by atoms with van der Waals surface area (Å²) in [4.78, 5) is 15.7. The molecule has 0 aliphatic carbocycles. The fourth-order valence-electron chi connectivity index (χ4n) is 4.93. The number of likely N-dealkylation sites (tertiary alicyclic amines) is 1. The van der Waals surface area contributed by atoms with Crippen molar-refractivity contribution in [1.82, 2.24) is 9.21 Å². The molecule has 2 heterocycles. The minimum absolute atomic E-state index is 0.0707. The Balaban J connectivity index is 1.45. The van der Waals surface area contributed by atoms with Crippen molar-refractivity contribution in [2.75, 3.05) is 41.0 Å². The van der Waals surface area contributed by atoms with Gasteiger partial charge in [-0.15, -0.1) is 0 Å². The lowest BCUT2D eigenvalue weighted by Gasteiger charge is -2.34. The van der Waals surface area contributed by atoms with Crippen LogP contribution >= 0.6 is 0 Å². The van der Waals surface area contributed by atoms with Crippen molar-refractivity contribution in [2.45, 2.75) is 36.6 Å². The molecule has 0 spiro atoms. The second kappa shape index (κ2) is 10.2. The van der Waals surface area contributed by atoms with Crippen LogP contribution in [0.15, 0.2) is 47.4 Å². The van der Waals surface area contributed by atoms with E-state index >= 15 is 0 Å². The topological polar surface area (TPSA) is 85.4 Å². The van der Waals surface area contributed by atoms with E-state index in [0.29, 0.717) is 38.2 Å². The molecule has 8 nitrogen and oxygen atoms in total. The second-order valence-corrected chi connectivity index (χ2v) is 10.6. The number of amides is 1. The van der Waals surface area contributed by atoms with Crippen molar-refractivity contribution in [2.24, 2.45) is 5.92 Å². The van der Waals surface area contributed by atoms with E-state index in [2.05, 4.69) is 0 Å². The van der Waals surface area contributed by atoms with Gasteiger partial charge in [0, 0.05) is 31.1 Å². The lowest BCUT2D eigenvalue weighted by Crippen LogP contribution is -2.44. The highest BCUT2D eigenvalue weighted by Crippen LogP contribution is 2.40. The molecule has 2 fully saturated rings. The van der Waals surface area contributed by atoms with E-state index in [1.807, 2.05) is 23.1 Å². The summed E-state index contributed by atoms with van der Waals surface area (Å²) in [6.45, 7) is 1.34. The van der Waals surface area contributed by atoms with Gasteiger partial charge in [0.05, 0.1) is 32.3 Å². The smallest absolute Gasteiger partial charge is 0.243 e. The van der Waals surface area contributed by atoms with Gasteiger partial charge in [0.15, 0.2) is 0 Å². The minimum Gasteiger partial charge on any atom is -0.497 e. The first-order valence-corrected chi connectivity index (χ1v) is 13.0. The van der Waals surface area contributed by atoms with Gasteiger partial charge in [-0.3, -0.25) is 4.79 Å². The molecule has 2 aliphatic heterocycles. The Morgan fingerprint density at radius 3 is 2.12 bits per heavy atom. The molecule has 0 saturated carbocycles. The number of benzene rings is 2. The number of hydrogen-bond acceptors (Lipinski definition) is 6. The number of rotatable bonds is 7. The summed E-state index contributed by atoms with van der Waals surface area (Å²) in [7, 11) is 1.19. The van der Waals surface area contributed by atoms with Crippen LogP contribution in [-0.2, 0) is 14.8 Å². The molecule has 2 aliphatic rings. The SMILES string of the molecule is COc1ccc(S(=O)(=O)N2CCC(C(=O)N3CCC[C@@H]3c3cc(OC)ccc3OC)CC2)cc1. The van der Waals surface area contributed by atoms with E-state index in [9.17, 15) is 13.2 Å². The van der Waals surface area contributed by atoms with Gasteiger partial charge in [0.1, 0.15) is 17.2 Å². The summed E-state index contributed by atoms with van der Waals surface area (Å²) in [6.07, 6.45) is 2.79. The first kappa shape index (κ1) is 24.3. The lowest BCUT2D eigenvalue weighted by atomic mass is 9.95. The molecule has 184 valence electrons. The molecular weight excluding hydrogens is 456 g/mol. The van der Waals surface area contributed by atoms with Crippen molar-refractivity contribution in [1.29, 1.82) is 0 Å². The number of carbonyl (C=O) groups is 1. The molecule has 0 aromatic heterocycles. The Morgan fingerprint density at radius 1 is 0.853 bits per heavy atom. The maximum Gasteiger partial charge on any atom is 0.243 e. The van der Waals surface area contributed by atoms with Crippen molar-refractivity contribution in [3.63, 3.8) is 0 Å². The van der Waals surface area contributed by atoms with Gasteiger partial charge in [0.2, 0.25) is 15.9 Å². The number of hydrogen-bond donors (Lipinski definition) is 0. The highest BCUT2D eigenvalue weighted by molar-refractivity contribution is 7.89. The fourth-order valence-corrected chi connectivity index (χ4v) is 6.40. The van der Waals surface area contributed by atoms with Crippen LogP contribution in [-0.4, -0.2) is 64.5 Å². The van der Waals surface area contributed by atoms with E-state index in [1.165, 1.54) is 4.31 Å². The highest BCUT2D eigenvalue weighted by Gasteiger charge is 2.38. The monoisotopic (exact) mass is 488 g/mol. The quantitative estimate of drug-likeness (QED) is 0.593. The van der Waals surface area contributed by atoms with Crippen LogP contribution in [0, 0.1) is 5.92 Å². The van der Waals surface area contributed by atoms with Gasteiger partial charge in [-0.25, -0.2) is 8.42 Å². The Labute approximate surface area is 201 Å². The predicted octanol–water partition coefficient (Wildman–Crippen LogP) is 3.48. The molecule has 34 heavy (non-hydrogen) atoms. The Hall–Kier alpha value is -2.78. The fraction of sp³-hybridized carbons (Fsp3) is 0.480. The van der Waals surface area contributed by atoms with Crippen LogP contribution in [0.1, 0.15) is 37.3 Å². The molecule has 0 unspecified atom stereocenters. The first-order valence-electron chi connectivity index (χ1n) is 11.6. The zero-order chi connectivity index (χ0) is 24.3. The number of carbonyl (C=O) groups excluding carboxylic acids is 1. The Bertz CT molecular complexity index is 1110. The number of nitrogens with zero attached hydrogens (tertiary/aromatic N) is 2. The molecule has 0 bridgehead atoms. The number of methoxy groups -OCH3 is 3. The summed E-state index contributed by atoms with van der Waals surface area (Å²) in [6, 6.07) is 12.0. The maximum atomic E-state index is 13.5. The third kappa shape index (κ3) is 4.72. The molecule has 0 N–H and O–H groups in total. The molecular formula is C25H32N2O6S. The van der Waals surface area contributed by atoms with Gasteiger partial charge in [0.25, 0.3) is 0 Å². The predicted molar refractivity (Wildman–Crippen MR) is 128 cm³/mol. The number of ether oxygens (including phenoxy) is 3.